The molecule has 0 bridgehead atoms. The average Bonchev–Trinajstić information content (AvgIpc) is 2.36. The van der Waals surface area contributed by atoms with Crippen molar-refractivity contribution in [3.05, 3.63) is 58.9 Å². The highest BCUT2D eigenvalue weighted by Gasteiger charge is 2.08. The van der Waals surface area contributed by atoms with Gasteiger partial charge in [0.1, 0.15) is 5.82 Å². The van der Waals surface area contributed by atoms with Crippen LogP contribution in [0.2, 0.25) is 0 Å². The molecule has 19 heavy (non-hydrogen) atoms. The van der Waals surface area contributed by atoms with Crippen molar-refractivity contribution in [1.82, 2.24) is 0 Å². The average molecular weight is 275 g/mol. The second-order valence-electron chi connectivity index (χ2n) is 4.83. The van der Waals surface area contributed by atoms with Crippen LogP contribution in [0.25, 0.3) is 0 Å². The first-order chi connectivity index (χ1) is 8.97. The van der Waals surface area contributed by atoms with Crippen LogP contribution in [0.3, 0.4) is 0 Å². The molecule has 2 rings (SSSR count). The summed E-state index contributed by atoms with van der Waals surface area (Å²) in [6, 6.07) is 11.2. The van der Waals surface area contributed by atoms with Gasteiger partial charge in [0.05, 0.1) is 0 Å². The van der Waals surface area contributed by atoms with Crippen molar-refractivity contribution in [3.8, 4) is 0 Å². The van der Waals surface area contributed by atoms with Crippen molar-refractivity contribution in [1.29, 1.82) is 0 Å². The maximum atomic E-state index is 14.0. The summed E-state index contributed by atoms with van der Waals surface area (Å²) in [5.41, 5.74) is 9.04. The van der Waals surface area contributed by atoms with E-state index < -0.39 is 0 Å². The minimum absolute atomic E-state index is 0.143. The van der Waals surface area contributed by atoms with Gasteiger partial charge in [0, 0.05) is 15.8 Å². The van der Waals surface area contributed by atoms with E-state index in [-0.39, 0.29) is 11.9 Å². The van der Waals surface area contributed by atoms with Gasteiger partial charge in [0.2, 0.25) is 0 Å². The number of nitrogens with two attached hydrogens (primary N) is 1. The van der Waals surface area contributed by atoms with E-state index in [1.54, 1.807) is 6.07 Å². The highest BCUT2D eigenvalue weighted by atomic mass is 32.2. The Bertz CT molecular complexity index is 593. The number of rotatable bonds is 3. The smallest absolute Gasteiger partial charge is 0.137 e. The summed E-state index contributed by atoms with van der Waals surface area (Å²) in [4.78, 5) is 1.68. The van der Waals surface area contributed by atoms with E-state index >= 15 is 0 Å². The van der Waals surface area contributed by atoms with Crippen LogP contribution in [-0.4, -0.2) is 0 Å². The van der Waals surface area contributed by atoms with Crippen LogP contribution in [-0.2, 0) is 0 Å². The third kappa shape index (κ3) is 3.37. The molecule has 0 aliphatic carbocycles. The van der Waals surface area contributed by atoms with E-state index in [0.717, 1.165) is 10.5 Å². The number of halogens is 1. The van der Waals surface area contributed by atoms with E-state index in [0.29, 0.717) is 4.90 Å². The molecule has 0 amide bonds. The van der Waals surface area contributed by atoms with Gasteiger partial charge in [-0.15, -0.1) is 0 Å². The van der Waals surface area contributed by atoms with Gasteiger partial charge in [0.15, 0.2) is 0 Å². The first kappa shape index (κ1) is 14.1. The fourth-order valence-corrected chi connectivity index (χ4v) is 2.71. The predicted molar refractivity (Wildman–Crippen MR) is 79.0 cm³/mol. The van der Waals surface area contributed by atoms with E-state index in [9.17, 15) is 4.39 Å². The Hall–Kier alpha value is -1.32. The van der Waals surface area contributed by atoms with Crippen molar-refractivity contribution in [2.24, 2.45) is 5.73 Å². The minimum Gasteiger partial charge on any atom is -0.324 e. The molecule has 0 aliphatic rings. The zero-order valence-electron chi connectivity index (χ0n) is 11.4. The van der Waals surface area contributed by atoms with Gasteiger partial charge in [-0.1, -0.05) is 23.9 Å². The number of benzene rings is 2. The maximum Gasteiger partial charge on any atom is 0.137 e. The first-order valence-electron chi connectivity index (χ1n) is 6.27. The Morgan fingerprint density at radius 3 is 2.37 bits per heavy atom. The Morgan fingerprint density at radius 2 is 1.79 bits per heavy atom. The normalized spacial score (nSPS) is 12.5. The number of aryl methyl sites for hydroxylation is 2. The third-order valence-electron chi connectivity index (χ3n) is 3.19. The van der Waals surface area contributed by atoms with Crippen LogP contribution < -0.4 is 5.73 Å². The van der Waals surface area contributed by atoms with Crippen LogP contribution in [0.5, 0.6) is 0 Å². The van der Waals surface area contributed by atoms with Gasteiger partial charge in [0.25, 0.3) is 0 Å². The molecule has 0 unspecified atom stereocenters. The molecule has 3 heteroatoms. The molecular formula is C16H18FNS. The third-order valence-corrected chi connectivity index (χ3v) is 4.23. The zero-order valence-corrected chi connectivity index (χ0v) is 12.2. The number of hydrogen-bond donors (Lipinski definition) is 1. The van der Waals surface area contributed by atoms with E-state index in [2.05, 4.69) is 26.0 Å². The summed E-state index contributed by atoms with van der Waals surface area (Å²) in [6.07, 6.45) is 0. The lowest BCUT2D eigenvalue weighted by Crippen LogP contribution is -2.05. The predicted octanol–water partition coefficient (Wildman–Crippen LogP) is 4.61. The van der Waals surface area contributed by atoms with Gasteiger partial charge < -0.3 is 5.73 Å². The minimum atomic E-state index is -0.210. The van der Waals surface area contributed by atoms with E-state index in [1.807, 2.05) is 19.1 Å². The Morgan fingerprint density at radius 1 is 1.05 bits per heavy atom. The molecule has 0 heterocycles. The molecule has 0 saturated carbocycles. The Balaban J connectivity index is 2.25. The van der Waals surface area contributed by atoms with Crippen molar-refractivity contribution in [2.45, 2.75) is 36.6 Å². The maximum absolute atomic E-state index is 14.0. The summed E-state index contributed by atoms with van der Waals surface area (Å²) >= 11 is 1.44. The molecule has 1 atom stereocenters. The van der Waals surface area contributed by atoms with Gasteiger partial charge in [-0.3, -0.25) is 0 Å². The molecule has 1 nitrogen and oxygen atoms in total. The van der Waals surface area contributed by atoms with Crippen LogP contribution in [0.1, 0.15) is 29.7 Å². The van der Waals surface area contributed by atoms with Crippen LogP contribution in [0.15, 0.2) is 46.2 Å². The monoisotopic (exact) mass is 275 g/mol. The van der Waals surface area contributed by atoms with Gasteiger partial charge in [-0.25, -0.2) is 4.39 Å². The van der Waals surface area contributed by atoms with Crippen LogP contribution in [0.4, 0.5) is 4.39 Å². The molecule has 0 fully saturated rings. The fraction of sp³-hybridized carbons (Fsp3) is 0.250. The van der Waals surface area contributed by atoms with Gasteiger partial charge in [-0.2, -0.15) is 0 Å². The quantitative estimate of drug-likeness (QED) is 0.885. The Labute approximate surface area is 118 Å². The molecule has 2 N–H and O–H groups in total. The summed E-state index contributed by atoms with van der Waals surface area (Å²) in [6.45, 7) is 5.99. The molecule has 0 saturated heterocycles. The lowest BCUT2D eigenvalue weighted by atomic mass is 10.1. The second kappa shape index (κ2) is 5.76. The Kier molecular flexibility index (Phi) is 4.27. The molecule has 0 aliphatic heterocycles. The molecular weight excluding hydrogens is 257 g/mol. The summed E-state index contributed by atoms with van der Waals surface area (Å²) in [5, 5.41) is 0. The summed E-state index contributed by atoms with van der Waals surface area (Å²) in [5.74, 6) is -0.210. The summed E-state index contributed by atoms with van der Waals surface area (Å²) < 4.78 is 14.0. The lowest BCUT2D eigenvalue weighted by molar-refractivity contribution is 0.596. The highest BCUT2D eigenvalue weighted by molar-refractivity contribution is 7.99. The van der Waals surface area contributed by atoms with Gasteiger partial charge in [-0.05, 0) is 61.7 Å². The zero-order chi connectivity index (χ0) is 14.0. The topological polar surface area (TPSA) is 26.0 Å². The fourth-order valence-electron chi connectivity index (χ4n) is 1.79. The molecule has 2 aromatic rings. The van der Waals surface area contributed by atoms with Crippen molar-refractivity contribution >= 4 is 11.8 Å². The SMILES string of the molecule is Cc1ccc(Sc2ccc([C@H](C)N)cc2F)cc1C. The number of hydrogen-bond acceptors (Lipinski definition) is 2. The molecule has 0 radical (unpaired) electrons. The molecule has 0 spiro atoms. The lowest BCUT2D eigenvalue weighted by Gasteiger charge is -2.09. The van der Waals surface area contributed by atoms with Crippen molar-refractivity contribution in [3.63, 3.8) is 0 Å². The van der Waals surface area contributed by atoms with Gasteiger partial charge >= 0.3 is 0 Å². The van der Waals surface area contributed by atoms with Crippen molar-refractivity contribution < 1.29 is 4.39 Å². The second-order valence-corrected chi connectivity index (χ2v) is 5.94. The van der Waals surface area contributed by atoms with Crippen LogP contribution >= 0.6 is 11.8 Å². The molecule has 0 aromatic heterocycles. The largest absolute Gasteiger partial charge is 0.324 e. The molecule has 2 aromatic carbocycles. The van der Waals surface area contributed by atoms with Crippen LogP contribution in [0, 0.1) is 19.7 Å². The highest BCUT2D eigenvalue weighted by Crippen LogP contribution is 2.31. The van der Waals surface area contributed by atoms with E-state index in [1.165, 1.54) is 29.0 Å². The first-order valence-corrected chi connectivity index (χ1v) is 7.09. The molecule has 100 valence electrons. The standard InChI is InChI=1S/C16H18FNS/c1-10-4-6-14(8-11(10)2)19-16-7-5-13(12(3)18)9-15(16)17/h4-9,12H,18H2,1-3H3/t12-/m0/s1. The summed E-state index contributed by atoms with van der Waals surface area (Å²) in [7, 11) is 0. The van der Waals surface area contributed by atoms with E-state index in [4.69, 9.17) is 5.73 Å². The van der Waals surface area contributed by atoms with Crippen molar-refractivity contribution in [2.75, 3.05) is 0 Å².